The quantitative estimate of drug-likeness (QED) is 0.812. The van der Waals surface area contributed by atoms with E-state index in [2.05, 4.69) is 0 Å². The van der Waals surface area contributed by atoms with Crippen molar-refractivity contribution in [3.05, 3.63) is 35.4 Å². The number of aliphatic carboxylic acids is 1. The number of hydrogen-bond acceptors (Lipinski definition) is 3. The van der Waals surface area contributed by atoms with Crippen molar-refractivity contribution in [2.24, 2.45) is 0 Å². The Hall–Kier alpha value is -1.81. The molecule has 84 valence electrons. The fraction of sp³-hybridized carbons (Fsp3) is 0.250. The molecule has 1 aliphatic rings. The summed E-state index contributed by atoms with van der Waals surface area (Å²) in [4.78, 5) is 10.4. The molecule has 16 heavy (non-hydrogen) atoms. The molecule has 0 aliphatic carbocycles. The fourth-order valence-electron chi connectivity index (χ4n) is 1.62. The van der Waals surface area contributed by atoms with Gasteiger partial charge in [0.1, 0.15) is 5.75 Å². The van der Waals surface area contributed by atoms with Gasteiger partial charge in [0.05, 0.1) is 0 Å². The van der Waals surface area contributed by atoms with E-state index in [1.807, 2.05) is 18.2 Å². The number of hydrogen-bond donors (Lipinski definition) is 2. The second kappa shape index (κ2) is 4.37. The molecule has 0 saturated carbocycles. The minimum Gasteiger partial charge on any atom is -0.481 e. The Morgan fingerprint density at radius 1 is 1.38 bits per heavy atom. The number of carboxylic acid groups (broad SMARTS) is 1. The third-order valence-corrected chi connectivity index (χ3v) is 2.44. The van der Waals surface area contributed by atoms with Crippen LogP contribution in [0.4, 0.5) is 0 Å². The van der Waals surface area contributed by atoms with Crippen molar-refractivity contribution < 1.29 is 19.7 Å². The van der Waals surface area contributed by atoms with Crippen LogP contribution >= 0.6 is 0 Å². The van der Waals surface area contributed by atoms with Crippen LogP contribution in [0.25, 0.3) is 6.08 Å². The third kappa shape index (κ3) is 2.23. The van der Waals surface area contributed by atoms with Crippen molar-refractivity contribution in [2.75, 3.05) is 0 Å². The first-order chi connectivity index (χ1) is 7.66. The van der Waals surface area contributed by atoms with Gasteiger partial charge < -0.3 is 14.9 Å². The smallest absolute Gasteiger partial charge is 0.303 e. The zero-order chi connectivity index (χ0) is 11.5. The average Bonchev–Trinajstić information content (AvgIpc) is 2.26. The number of para-hydroxylation sites is 1. The van der Waals surface area contributed by atoms with Gasteiger partial charge in [0.2, 0.25) is 6.29 Å². The fourth-order valence-corrected chi connectivity index (χ4v) is 1.62. The Kier molecular flexibility index (Phi) is 2.92. The molecule has 1 aromatic rings. The SMILES string of the molecule is O=C(O)CCC1=Cc2ccccc2OC1O. The Morgan fingerprint density at radius 3 is 2.88 bits per heavy atom. The second-order valence-electron chi connectivity index (χ2n) is 3.62. The topological polar surface area (TPSA) is 66.8 Å². The van der Waals surface area contributed by atoms with Crippen molar-refractivity contribution >= 4 is 12.0 Å². The van der Waals surface area contributed by atoms with E-state index < -0.39 is 12.3 Å². The standard InChI is InChI=1S/C12H12O4/c13-11(14)6-5-9-7-8-3-1-2-4-10(8)16-12(9)15/h1-4,7,12,15H,5-6H2,(H,13,14). The summed E-state index contributed by atoms with van der Waals surface area (Å²) >= 11 is 0. The maximum absolute atomic E-state index is 10.4. The lowest BCUT2D eigenvalue weighted by atomic mass is 10.0. The minimum atomic E-state index is -1.03. The Labute approximate surface area is 92.8 Å². The molecule has 0 amide bonds. The molecule has 2 N–H and O–H groups in total. The first-order valence-electron chi connectivity index (χ1n) is 5.03. The van der Waals surface area contributed by atoms with Crippen LogP contribution in [0.3, 0.4) is 0 Å². The summed E-state index contributed by atoms with van der Waals surface area (Å²) in [7, 11) is 0. The van der Waals surface area contributed by atoms with Crippen molar-refractivity contribution in [3.8, 4) is 5.75 Å². The number of aliphatic hydroxyl groups is 1. The second-order valence-corrected chi connectivity index (χ2v) is 3.62. The number of aliphatic hydroxyl groups excluding tert-OH is 1. The van der Waals surface area contributed by atoms with Crippen LogP contribution in [0.1, 0.15) is 18.4 Å². The van der Waals surface area contributed by atoms with Crippen LogP contribution in [0.2, 0.25) is 0 Å². The number of rotatable bonds is 3. The average molecular weight is 220 g/mol. The molecule has 1 unspecified atom stereocenters. The highest BCUT2D eigenvalue weighted by Gasteiger charge is 2.20. The Balaban J connectivity index is 2.20. The van der Waals surface area contributed by atoms with Crippen LogP contribution in [-0.2, 0) is 4.79 Å². The number of carbonyl (C=O) groups is 1. The lowest BCUT2D eigenvalue weighted by molar-refractivity contribution is -0.137. The van der Waals surface area contributed by atoms with Gasteiger partial charge in [-0.3, -0.25) is 4.79 Å². The predicted molar refractivity (Wildman–Crippen MR) is 57.9 cm³/mol. The molecular formula is C12H12O4. The monoisotopic (exact) mass is 220 g/mol. The maximum Gasteiger partial charge on any atom is 0.303 e. The van der Waals surface area contributed by atoms with Gasteiger partial charge in [-0.1, -0.05) is 18.2 Å². The molecule has 0 aromatic heterocycles. The number of carboxylic acids is 1. The summed E-state index contributed by atoms with van der Waals surface area (Å²) in [5.74, 6) is -0.263. The van der Waals surface area contributed by atoms with Crippen molar-refractivity contribution in [1.29, 1.82) is 0 Å². The Morgan fingerprint density at radius 2 is 2.12 bits per heavy atom. The molecule has 2 rings (SSSR count). The van der Waals surface area contributed by atoms with Gasteiger partial charge in [-0.15, -0.1) is 0 Å². The zero-order valence-electron chi connectivity index (χ0n) is 8.59. The van der Waals surface area contributed by atoms with E-state index in [1.54, 1.807) is 12.1 Å². The van der Waals surface area contributed by atoms with Crippen LogP contribution in [0, 0.1) is 0 Å². The summed E-state index contributed by atoms with van der Waals surface area (Å²) in [6.45, 7) is 0. The molecule has 0 spiro atoms. The molecule has 0 fully saturated rings. The molecule has 0 radical (unpaired) electrons. The van der Waals surface area contributed by atoms with Crippen LogP contribution < -0.4 is 4.74 Å². The van der Waals surface area contributed by atoms with Gasteiger partial charge in [0.15, 0.2) is 0 Å². The molecule has 1 aromatic carbocycles. The van der Waals surface area contributed by atoms with E-state index in [9.17, 15) is 9.90 Å². The predicted octanol–water partition coefficient (Wildman–Crippen LogP) is 1.65. The molecule has 1 atom stereocenters. The van der Waals surface area contributed by atoms with Crippen LogP contribution in [0.5, 0.6) is 5.75 Å². The summed E-state index contributed by atoms with van der Waals surface area (Å²) in [6, 6.07) is 7.32. The summed E-state index contributed by atoms with van der Waals surface area (Å²) in [5.41, 5.74) is 1.47. The maximum atomic E-state index is 10.4. The molecular weight excluding hydrogens is 208 g/mol. The molecule has 4 heteroatoms. The largest absolute Gasteiger partial charge is 0.481 e. The first kappa shape index (κ1) is 10.7. The van der Waals surface area contributed by atoms with Crippen molar-refractivity contribution in [1.82, 2.24) is 0 Å². The highest BCUT2D eigenvalue weighted by molar-refractivity contribution is 5.68. The van der Waals surface area contributed by atoms with Gasteiger partial charge in [-0.25, -0.2) is 0 Å². The molecule has 0 bridgehead atoms. The highest BCUT2D eigenvalue weighted by Crippen LogP contribution is 2.30. The highest BCUT2D eigenvalue weighted by atomic mass is 16.6. The van der Waals surface area contributed by atoms with E-state index in [4.69, 9.17) is 9.84 Å². The van der Waals surface area contributed by atoms with Gasteiger partial charge in [0.25, 0.3) is 0 Å². The Bertz CT molecular complexity index is 436. The minimum absolute atomic E-state index is 0.00554. The van der Waals surface area contributed by atoms with E-state index in [1.165, 1.54) is 0 Å². The van der Waals surface area contributed by atoms with E-state index in [0.29, 0.717) is 17.7 Å². The van der Waals surface area contributed by atoms with Gasteiger partial charge in [0, 0.05) is 12.0 Å². The summed E-state index contributed by atoms with van der Waals surface area (Å²) < 4.78 is 5.27. The number of ether oxygens (including phenoxy) is 1. The van der Waals surface area contributed by atoms with Crippen molar-refractivity contribution in [2.45, 2.75) is 19.1 Å². The van der Waals surface area contributed by atoms with Crippen LogP contribution in [-0.4, -0.2) is 22.5 Å². The normalized spacial score (nSPS) is 18.3. The summed E-state index contributed by atoms with van der Waals surface area (Å²) in [6.07, 6.45) is 1.04. The molecule has 1 heterocycles. The number of benzene rings is 1. The lowest BCUT2D eigenvalue weighted by Gasteiger charge is -2.22. The number of fused-ring (bicyclic) bond motifs is 1. The van der Waals surface area contributed by atoms with E-state index >= 15 is 0 Å². The molecule has 0 saturated heterocycles. The molecule has 1 aliphatic heterocycles. The van der Waals surface area contributed by atoms with Crippen molar-refractivity contribution in [3.63, 3.8) is 0 Å². The van der Waals surface area contributed by atoms with E-state index in [-0.39, 0.29) is 6.42 Å². The first-order valence-corrected chi connectivity index (χ1v) is 5.03. The van der Waals surface area contributed by atoms with Gasteiger partial charge in [-0.2, -0.15) is 0 Å². The van der Waals surface area contributed by atoms with Gasteiger partial charge in [-0.05, 0) is 24.1 Å². The molecule has 4 nitrogen and oxygen atoms in total. The zero-order valence-corrected chi connectivity index (χ0v) is 8.59. The summed E-state index contributed by atoms with van der Waals surface area (Å²) in [5, 5.41) is 18.2. The third-order valence-electron chi connectivity index (χ3n) is 2.44. The lowest BCUT2D eigenvalue weighted by Crippen LogP contribution is -2.22. The van der Waals surface area contributed by atoms with Crippen LogP contribution in [0.15, 0.2) is 29.8 Å². The van der Waals surface area contributed by atoms with E-state index in [0.717, 1.165) is 5.56 Å². The van der Waals surface area contributed by atoms with Gasteiger partial charge >= 0.3 is 5.97 Å².